The lowest BCUT2D eigenvalue weighted by molar-refractivity contribution is -0.137. The lowest BCUT2D eigenvalue weighted by Gasteiger charge is -2.07. The monoisotopic (exact) mass is 233 g/mol. The Labute approximate surface area is 102 Å². The van der Waals surface area contributed by atoms with E-state index in [1.54, 1.807) is 6.92 Å². The normalized spacial score (nSPS) is 11.1. The predicted molar refractivity (Wildman–Crippen MR) is 69.8 cm³/mol. The summed E-state index contributed by atoms with van der Waals surface area (Å²) in [7, 11) is 0. The van der Waals surface area contributed by atoms with E-state index in [2.05, 4.69) is 24.4 Å². The second-order valence-electron chi connectivity index (χ2n) is 3.76. The summed E-state index contributed by atoms with van der Waals surface area (Å²) < 4.78 is 4.84. The Kier molecular flexibility index (Phi) is 5.27. The van der Waals surface area contributed by atoms with Gasteiger partial charge in [0.05, 0.1) is 6.61 Å². The highest BCUT2D eigenvalue weighted by molar-refractivity contribution is 5.83. The fourth-order valence-electron chi connectivity index (χ4n) is 1.49. The number of allylic oxidation sites excluding steroid dienone is 1. The first-order chi connectivity index (χ1) is 8.15. The van der Waals surface area contributed by atoms with Gasteiger partial charge in [0.25, 0.3) is 0 Å². The molecule has 92 valence electrons. The minimum atomic E-state index is -0.316. The van der Waals surface area contributed by atoms with Crippen LogP contribution >= 0.6 is 0 Å². The molecule has 0 unspecified atom stereocenters. The Bertz CT molecular complexity index is 410. The number of rotatable bonds is 5. The molecule has 1 aromatic rings. The van der Waals surface area contributed by atoms with Gasteiger partial charge in [-0.2, -0.15) is 0 Å². The van der Waals surface area contributed by atoms with Gasteiger partial charge < -0.3 is 10.1 Å². The molecule has 1 rings (SSSR count). The van der Waals surface area contributed by atoms with Crippen LogP contribution in [0.15, 0.2) is 36.0 Å². The Morgan fingerprint density at radius 3 is 2.82 bits per heavy atom. The lowest BCUT2D eigenvalue weighted by Crippen LogP contribution is -2.04. The minimum Gasteiger partial charge on any atom is -0.463 e. The molecule has 1 N–H and O–H groups in total. The highest BCUT2D eigenvalue weighted by atomic mass is 16.5. The summed E-state index contributed by atoms with van der Waals surface area (Å²) in [5.41, 5.74) is 3.03. The van der Waals surface area contributed by atoms with Crippen molar-refractivity contribution in [2.45, 2.75) is 27.2 Å². The number of benzene rings is 1. The topological polar surface area (TPSA) is 38.3 Å². The van der Waals surface area contributed by atoms with Crippen molar-refractivity contribution in [2.75, 3.05) is 11.9 Å². The van der Waals surface area contributed by atoms with Gasteiger partial charge in [-0.1, -0.05) is 19.1 Å². The van der Waals surface area contributed by atoms with E-state index in [0.29, 0.717) is 6.61 Å². The molecule has 0 aliphatic carbocycles. The number of ether oxygens (including phenoxy) is 1. The highest BCUT2D eigenvalue weighted by Crippen LogP contribution is 2.13. The number of aryl methyl sites for hydroxylation is 1. The summed E-state index contributed by atoms with van der Waals surface area (Å²) in [6, 6.07) is 8.12. The van der Waals surface area contributed by atoms with Crippen molar-refractivity contribution in [2.24, 2.45) is 0 Å². The fraction of sp³-hybridized carbons (Fsp3) is 0.357. The fourth-order valence-corrected chi connectivity index (χ4v) is 1.49. The molecule has 0 bridgehead atoms. The van der Waals surface area contributed by atoms with Crippen LogP contribution in [0.3, 0.4) is 0 Å². The summed E-state index contributed by atoms with van der Waals surface area (Å²) in [5.74, 6) is -0.316. The van der Waals surface area contributed by atoms with Crippen LogP contribution in [0, 0.1) is 0 Å². The maximum Gasteiger partial charge on any atom is 0.332 e. The van der Waals surface area contributed by atoms with Gasteiger partial charge >= 0.3 is 5.97 Å². The van der Waals surface area contributed by atoms with Crippen molar-refractivity contribution >= 4 is 11.7 Å². The third-order valence-electron chi connectivity index (χ3n) is 2.30. The zero-order valence-corrected chi connectivity index (χ0v) is 10.6. The number of carbonyl (C=O) groups excluding carboxylic acids is 1. The maximum atomic E-state index is 11.2. The molecule has 0 aliphatic heterocycles. The van der Waals surface area contributed by atoms with Gasteiger partial charge in [-0.25, -0.2) is 4.79 Å². The first-order valence-corrected chi connectivity index (χ1v) is 5.86. The molecule has 0 saturated carbocycles. The molecule has 0 amide bonds. The van der Waals surface area contributed by atoms with Crippen molar-refractivity contribution in [3.05, 3.63) is 41.6 Å². The van der Waals surface area contributed by atoms with Crippen molar-refractivity contribution in [3.63, 3.8) is 0 Å². The van der Waals surface area contributed by atoms with Crippen LogP contribution in [-0.2, 0) is 16.0 Å². The molecular formula is C14H19NO2. The SMILES string of the molecule is CCOC(=O)C=C(C)Nc1cccc(CC)c1. The van der Waals surface area contributed by atoms with E-state index in [1.807, 2.05) is 19.1 Å². The van der Waals surface area contributed by atoms with Gasteiger partial charge in [0.15, 0.2) is 0 Å². The maximum absolute atomic E-state index is 11.2. The van der Waals surface area contributed by atoms with Crippen molar-refractivity contribution in [1.82, 2.24) is 0 Å². The number of carbonyl (C=O) groups is 1. The molecule has 3 heteroatoms. The molecule has 0 atom stereocenters. The Morgan fingerprint density at radius 2 is 2.18 bits per heavy atom. The summed E-state index contributed by atoms with van der Waals surface area (Å²) in [5, 5.41) is 3.17. The van der Waals surface area contributed by atoms with Gasteiger partial charge in [0, 0.05) is 17.5 Å². The van der Waals surface area contributed by atoms with Crippen molar-refractivity contribution in [3.8, 4) is 0 Å². The van der Waals surface area contributed by atoms with Crippen LogP contribution in [0.2, 0.25) is 0 Å². The number of hydrogen-bond acceptors (Lipinski definition) is 3. The first-order valence-electron chi connectivity index (χ1n) is 5.86. The Hall–Kier alpha value is -1.77. The van der Waals surface area contributed by atoms with E-state index in [9.17, 15) is 4.79 Å². The van der Waals surface area contributed by atoms with Crippen LogP contribution in [0.1, 0.15) is 26.3 Å². The molecule has 0 aliphatic rings. The molecule has 0 spiro atoms. The Morgan fingerprint density at radius 1 is 1.41 bits per heavy atom. The molecule has 17 heavy (non-hydrogen) atoms. The lowest BCUT2D eigenvalue weighted by atomic mass is 10.1. The number of esters is 1. The third kappa shape index (κ3) is 4.72. The van der Waals surface area contributed by atoms with Gasteiger partial charge in [-0.3, -0.25) is 0 Å². The van der Waals surface area contributed by atoms with Crippen LogP contribution < -0.4 is 5.32 Å². The highest BCUT2D eigenvalue weighted by Gasteiger charge is 1.99. The van der Waals surface area contributed by atoms with Gasteiger partial charge in [-0.05, 0) is 38.0 Å². The van der Waals surface area contributed by atoms with E-state index < -0.39 is 0 Å². The molecule has 0 saturated heterocycles. The average molecular weight is 233 g/mol. The van der Waals surface area contributed by atoms with Crippen LogP contribution in [0.4, 0.5) is 5.69 Å². The van der Waals surface area contributed by atoms with E-state index in [0.717, 1.165) is 17.8 Å². The van der Waals surface area contributed by atoms with E-state index in [-0.39, 0.29) is 5.97 Å². The summed E-state index contributed by atoms with van der Waals surface area (Å²) >= 11 is 0. The molecule has 0 radical (unpaired) electrons. The third-order valence-corrected chi connectivity index (χ3v) is 2.30. The average Bonchev–Trinajstić information content (AvgIpc) is 2.29. The largest absolute Gasteiger partial charge is 0.463 e. The van der Waals surface area contributed by atoms with E-state index in [4.69, 9.17) is 4.74 Å². The smallest absolute Gasteiger partial charge is 0.332 e. The molecular weight excluding hydrogens is 214 g/mol. The summed E-state index contributed by atoms with van der Waals surface area (Å²) in [6.45, 7) is 6.14. The summed E-state index contributed by atoms with van der Waals surface area (Å²) in [6.07, 6.45) is 2.46. The molecule has 0 fully saturated rings. The molecule has 0 heterocycles. The first kappa shape index (κ1) is 13.3. The standard InChI is InChI=1S/C14H19NO2/c1-4-12-7-6-8-13(10-12)15-11(3)9-14(16)17-5-2/h6-10,15H,4-5H2,1-3H3. The van der Waals surface area contributed by atoms with Crippen molar-refractivity contribution < 1.29 is 9.53 Å². The molecule has 3 nitrogen and oxygen atoms in total. The van der Waals surface area contributed by atoms with Crippen LogP contribution in [0.25, 0.3) is 0 Å². The molecule has 1 aromatic carbocycles. The number of hydrogen-bond donors (Lipinski definition) is 1. The Balaban J connectivity index is 2.66. The second kappa shape index (κ2) is 6.74. The number of anilines is 1. The van der Waals surface area contributed by atoms with Gasteiger partial charge in [-0.15, -0.1) is 0 Å². The van der Waals surface area contributed by atoms with Crippen LogP contribution in [-0.4, -0.2) is 12.6 Å². The van der Waals surface area contributed by atoms with Gasteiger partial charge in [0.1, 0.15) is 0 Å². The summed E-state index contributed by atoms with van der Waals surface area (Å²) in [4.78, 5) is 11.2. The van der Waals surface area contributed by atoms with Crippen molar-refractivity contribution in [1.29, 1.82) is 0 Å². The van der Waals surface area contributed by atoms with Crippen LogP contribution in [0.5, 0.6) is 0 Å². The van der Waals surface area contributed by atoms with E-state index >= 15 is 0 Å². The van der Waals surface area contributed by atoms with E-state index in [1.165, 1.54) is 11.6 Å². The second-order valence-corrected chi connectivity index (χ2v) is 3.76. The zero-order chi connectivity index (χ0) is 12.7. The minimum absolute atomic E-state index is 0.316. The quantitative estimate of drug-likeness (QED) is 0.627. The number of nitrogens with one attached hydrogen (secondary N) is 1. The predicted octanol–water partition coefficient (Wildman–Crippen LogP) is 3.13. The zero-order valence-electron chi connectivity index (χ0n) is 10.6. The molecule has 0 aromatic heterocycles. The van der Waals surface area contributed by atoms with Gasteiger partial charge in [0.2, 0.25) is 0 Å².